The molecule has 0 bridgehead atoms. The third-order valence-corrected chi connectivity index (χ3v) is 2.63. The highest BCUT2D eigenvalue weighted by molar-refractivity contribution is 5.58. The molecule has 0 atom stereocenters. The van der Waals surface area contributed by atoms with Crippen LogP contribution in [0.5, 0.6) is 0 Å². The van der Waals surface area contributed by atoms with Crippen LogP contribution in [0.3, 0.4) is 0 Å². The number of halogens is 1. The summed E-state index contributed by atoms with van der Waals surface area (Å²) < 4.78 is 12.8. The number of hydrogen-bond acceptors (Lipinski definition) is 2. The van der Waals surface area contributed by atoms with Crippen molar-refractivity contribution in [2.75, 3.05) is 6.54 Å². The first-order chi connectivity index (χ1) is 8.65. The van der Waals surface area contributed by atoms with Gasteiger partial charge >= 0.3 is 0 Å². The fourth-order valence-electron chi connectivity index (χ4n) is 1.71. The van der Waals surface area contributed by atoms with Crippen molar-refractivity contribution in [1.29, 1.82) is 0 Å². The third kappa shape index (κ3) is 3.40. The van der Waals surface area contributed by atoms with Gasteiger partial charge in [-0.25, -0.2) is 9.37 Å². The highest BCUT2D eigenvalue weighted by Gasteiger charge is 2.03. The van der Waals surface area contributed by atoms with Gasteiger partial charge in [0.15, 0.2) is 0 Å². The molecule has 1 aromatic carbocycles. The van der Waals surface area contributed by atoms with E-state index in [0.29, 0.717) is 5.92 Å². The Bertz CT molecular complexity index is 488. The molecule has 1 aromatic heterocycles. The number of aromatic nitrogens is 2. The van der Waals surface area contributed by atoms with E-state index in [1.807, 2.05) is 0 Å². The van der Waals surface area contributed by atoms with E-state index in [0.717, 1.165) is 30.2 Å². The van der Waals surface area contributed by atoms with Gasteiger partial charge in [-0.3, -0.25) is 0 Å². The average Bonchev–Trinajstić information content (AvgIpc) is 2.78. The predicted molar refractivity (Wildman–Crippen MR) is 70.5 cm³/mol. The molecule has 0 fully saturated rings. The second kappa shape index (κ2) is 5.78. The third-order valence-electron chi connectivity index (χ3n) is 2.63. The summed E-state index contributed by atoms with van der Waals surface area (Å²) in [6.07, 6.45) is 1.78. The summed E-state index contributed by atoms with van der Waals surface area (Å²) in [5, 5.41) is 3.32. The van der Waals surface area contributed by atoms with E-state index in [-0.39, 0.29) is 5.82 Å². The van der Waals surface area contributed by atoms with Crippen molar-refractivity contribution in [3.63, 3.8) is 0 Å². The lowest BCUT2D eigenvalue weighted by Crippen LogP contribution is -2.19. The van der Waals surface area contributed by atoms with Crippen LogP contribution in [0.25, 0.3) is 11.3 Å². The first-order valence-corrected chi connectivity index (χ1v) is 6.15. The van der Waals surface area contributed by atoms with Gasteiger partial charge in [-0.15, -0.1) is 0 Å². The van der Waals surface area contributed by atoms with Crippen LogP contribution < -0.4 is 5.32 Å². The maximum Gasteiger partial charge on any atom is 0.123 e. The Morgan fingerprint density at radius 2 is 2.00 bits per heavy atom. The van der Waals surface area contributed by atoms with E-state index < -0.39 is 0 Å². The summed E-state index contributed by atoms with van der Waals surface area (Å²) in [6.45, 7) is 6.02. The molecule has 2 N–H and O–H groups in total. The second-order valence-electron chi connectivity index (χ2n) is 4.78. The fourth-order valence-corrected chi connectivity index (χ4v) is 1.71. The van der Waals surface area contributed by atoms with Gasteiger partial charge in [-0.05, 0) is 42.3 Å². The van der Waals surface area contributed by atoms with Crippen LogP contribution >= 0.6 is 0 Å². The van der Waals surface area contributed by atoms with Gasteiger partial charge in [0.25, 0.3) is 0 Å². The van der Waals surface area contributed by atoms with Crippen molar-refractivity contribution in [2.24, 2.45) is 5.92 Å². The van der Waals surface area contributed by atoms with Gasteiger partial charge in [-0.1, -0.05) is 13.8 Å². The molecule has 0 aliphatic heterocycles. The van der Waals surface area contributed by atoms with E-state index in [1.165, 1.54) is 12.1 Å². The maximum atomic E-state index is 12.8. The Morgan fingerprint density at radius 1 is 1.28 bits per heavy atom. The molecular formula is C14H18FN3. The maximum absolute atomic E-state index is 12.8. The molecule has 0 saturated heterocycles. The topological polar surface area (TPSA) is 40.7 Å². The number of hydrogen-bond donors (Lipinski definition) is 2. The smallest absolute Gasteiger partial charge is 0.123 e. The van der Waals surface area contributed by atoms with Crippen molar-refractivity contribution in [3.05, 3.63) is 42.1 Å². The molecule has 96 valence electrons. The Morgan fingerprint density at radius 3 is 2.67 bits per heavy atom. The van der Waals surface area contributed by atoms with E-state index in [2.05, 4.69) is 29.1 Å². The number of benzene rings is 1. The summed E-state index contributed by atoms with van der Waals surface area (Å²) in [4.78, 5) is 7.53. The van der Waals surface area contributed by atoms with Crippen LogP contribution in [0.1, 0.15) is 19.7 Å². The molecular weight excluding hydrogens is 229 g/mol. The molecule has 18 heavy (non-hydrogen) atoms. The molecule has 0 aliphatic rings. The number of nitrogens with zero attached hydrogens (tertiary/aromatic N) is 1. The SMILES string of the molecule is CC(C)CNCc1ncc(-c2ccc(F)cc2)[nH]1. The quantitative estimate of drug-likeness (QED) is 0.852. The standard InChI is InChI=1S/C14H18FN3/c1-10(2)7-16-9-14-17-8-13(18-14)11-3-5-12(15)6-4-11/h3-6,8,10,16H,7,9H2,1-2H3,(H,17,18). The summed E-state index contributed by atoms with van der Waals surface area (Å²) in [7, 11) is 0. The average molecular weight is 247 g/mol. The van der Waals surface area contributed by atoms with Crippen molar-refractivity contribution in [2.45, 2.75) is 20.4 Å². The number of rotatable bonds is 5. The van der Waals surface area contributed by atoms with Crippen molar-refractivity contribution in [1.82, 2.24) is 15.3 Å². The molecule has 0 radical (unpaired) electrons. The van der Waals surface area contributed by atoms with Crippen LogP contribution in [0, 0.1) is 11.7 Å². The molecule has 0 amide bonds. The summed E-state index contributed by atoms with van der Waals surface area (Å²) in [5.74, 6) is 1.29. The molecule has 0 aliphatic carbocycles. The van der Waals surface area contributed by atoms with Crippen molar-refractivity contribution >= 4 is 0 Å². The van der Waals surface area contributed by atoms with Crippen LogP contribution in [0.15, 0.2) is 30.5 Å². The Kier molecular flexibility index (Phi) is 4.10. The lowest BCUT2D eigenvalue weighted by molar-refractivity contribution is 0.545. The molecule has 2 aromatic rings. The van der Waals surface area contributed by atoms with Crippen molar-refractivity contribution < 1.29 is 4.39 Å². The Labute approximate surface area is 106 Å². The second-order valence-corrected chi connectivity index (χ2v) is 4.78. The molecule has 0 saturated carbocycles. The number of nitrogens with one attached hydrogen (secondary N) is 2. The zero-order valence-electron chi connectivity index (χ0n) is 10.7. The van der Waals surface area contributed by atoms with Gasteiger partial charge in [0.05, 0.1) is 18.4 Å². The highest BCUT2D eigenvalue weighted by atomic mass is 19.1. The molecule has 4 heteroatoms. The van der Waals surface area contributed by atoms with E-state index in [1.54, 1.807) is 18.3 Å². The van der Waals surface area contributed by atoms with Gasteiger partial charge in [0, 0.05) is 0 Å². The number of aromatic amines is 1. The number of imidazole rings is 1. The van der Waals surface area contributed by atoms with Gasteiger partial charge in [0.1, 0.15) is 11.6 Å². The van der Waals surface area contributed by atoms with E-state index in [4.69, 9.17) is 0 Å². The van der Waals surface area contributed by atoms with Gasteiger partial charge < -0.3 is 10.3 Å². The molecule has 1 heterocycles. The monoisotopic (exact) mass is 247 g/mol. The summed E-state index contributed by atoms with van der Waals surface area (Å²) in [5.41, 5.74) is 1.86. The molecule has 2 rings (SSSR count). The normalized spacial score (nSPS) is 11.1. The van der Waals surface area contributed by atoms with Gasteiger partial charge in [0.2, 0.25) is 0 Å². The molecule has 3 nitrogen and oxygen atoms in total. The number of H-pyrrole nitrogens is 1. The molecule has 0 spiro atoms. The minimum Gasteiger partial charge on any atom is -0.341 e. The van der Waals surface area contributed by atoms with Crippen LogP contribution in [0.2, 0.25) is 0 Å². The van der Waals surface area contributed by atoms with Crippen LogP contribution in [0.4, 0.5) is 4.39 Å². The minimum atomic E-state index is -0.225. The highest BCUT2D eigenvalue weighted by Crippen LogP contribution is 2.17. The van der Waals surface area contributed by atoms with Gasteiger partial charge in [-0.2, -0.15) is 0 Å². The summed E-state index contributed by atoms with van der Waals surface area (Å²) >= 11 is 0. The lowest BCUT2D eigenvalue weighted by atomic mass is 10.2. The fraction of sp³-hybridized carbons (Fsp3) is 0.357. The van der Waals surface area contributed by atoms with Crippen LogP contribution in [-0.4, -0.2) is 16.5 Å². The van der Waals surface area contributed by atoms with Crippen LogP contribution in [-0.2, 0) is 6.54 Å². The molecule has 0 unspecified atom stereocenters. The minimum absolute atomic E-state index is 0.225. The van der Waals surface area contributed by atoms with E-state index >= 15 is 0 Å². The predicted octanol–water partition coefficient (Wildman–Crippen LogP) is 2.96. The first kappa shape index (κ1) is 12.8. The Balaban J connectivity index is 1.99. The zero-order valence-corrected chi connectivity index (χ0v) is 10.7. The largest absolute Gasteiger partial charge is 0.341 e. The first-order valence-electron chi connectivity index (χ1n) is 6.15. The Hall–Kier alpha value is -1.68. The summed E-state index contributed by atoms with van der Waals surface area (Å²) in [6, 6.07) is 6.39. The van der Waals surface area contributed by atoms with E-state index in [9.17, 15) is 4.39 Å². The lowest BCUT2D eigenvalue weighted by Gasteiger charge is -2.04. The zero-order chi connectivity index (χ0) is 13.0. The van der Waals surface area contributed by atoms with Crippen molar-refractivity contribution in [3.8, 4) is 11.3 Å².